The van der Waals surface area contributed by atoms with Gasteiger partial charge in [-0.05, 0) is 18.2 Å². The van der Waals surface area contributed by atoms with E-state index in [1.54, 1.807) is 6.20 Å². The lowest BCUT2D eigenvalue weighted by Crippen LogP contribution is -2.20. The Kier molecular flexibility index (Phi) is 2.88. The first-order valence-electron chi connectivity index (χ1n) is 4.73. The summed E-state index contributed by atoms with van der Waals surface area (Å²) in [6.07, 6.45) is 1.59. The molecule has 0 radical (unpaired) electrons. The van der Waals surface area contributed by atoms with Gasteiger partial charge in [0.05, 0.1) is 0 Å². The monoisotopic (exact) mass is 289 g/mol. The Bertz CT molecular complexity index is 504. The predicted molar refractivity (Wildman–Crippen MR) is 62.1 cm³/mol. The van der Waals surface area contributed by atoms with Crippen molar-refractivity contribution < 1.29 is 13.5 Å². The summed E-state index contributed by atoms with van der Waals surface area (Å²) in [5, 5.41) is 0.790. The van der Waals surface area contributed by atoms with Crippen molar-refractivity contribution in [1.29, 1.82) is 0 Å². The van der Waals surface area contributed by atoms with Crippen molar-refractivity contribution in [3.05, 3.63) is 28.9 Å². The molecule has 0 spiro atoms. The fourth-order valence-corrected chi connectivity index (χ4v) is 1.75. The molecule has 16 heavy (non-hydrogen) atoms. The number of nitrogens with one attached hydrogen (secondary N) is 1. The maximum Gasteiger partial charge on any atom is 0.278 e. The maximum atomic E-state index is 12.6. The van der Waals surface area contributed by atoms with Crippen molar-refractivity contribution in [2.75, 3.05) is 6.61 Å². The Labute approximate surface area is 99.7 Å². The van der Waals surface area contributed by atoms with Crippen molar-refractivity contribution in [3.8, 4) is 5.75 Å². The van der Waals surface area contributed by atoms with E-state index in [1.165, 1.54) is 0 Å². The number of benzene rings is 1. The predicted octanol–water partition coefficient (Wildman–Crippen LogP) is 3.96. The number of rotatable bonds is 3. The Morgan fingerprint density at radius 1 is 1.44 bits per heavy atom. The lowest BCUT2D eigenvalue weighted by Gasteiger charge is -2.10. The molecule has 1 aromatic carbocycles. The van der Waals surface area contributed by atoms with Gasteiger partial charge in [0.1, 0.15) is 5.75 Å². The van der Waals surface area contributed by atoms with E-state index in [0.717, 1.165) is 22.3 Å². The number of fused-ring (bicyclic) bond motifs is 1. The van der Waals surface area contributed by atoms with Gasteiger partial charge in [-0.1, -0.05) is 15.9 Å². The molecule has 0 amide bonds. The number of hydrogen-bond acceptors (Lipinski definition) is 1. The van der Waals surface area contributed by atoms with E-state index in [9.17, 15) is 8.78 Å². The van der Waals surface area contributed by atoms with E-state index in [-0.39, 0.29) is 0 Å². The van der Waals surface area contributed by atoms with Crippen LogP contribution in [0.3, 0.4) is 0 Å². The highest BCUT2D eigenvalue weighted by molar-refractivity contribution is 9.10. The Morgan fingerprint density at radius 2 is 2.19 bits per heavy atom. The Balaban J connectivity index is 2.28. The average Bonchev–Trinajstić information content (AvgIpc) is 2.56. The summed E-state index contributed by atoms with van der Waals surface area (Å²) in [6, 6.07) is 5.56. The molecule has 1 aromatic heterocycles. The Morgan fingerprint density at radius 3 is 2.88 bits per heavy atom. The second-order valence-electron chi connectivity index (χ2n) is 3.70. The standard InChI is InChI=1S/C11H10BrF2NO/c1-11(13,14)6-16-10-5-15-9-3-2-7(12)4-8(9)10/h2-5,15H,6H2,1H3. The van der Waals surface area contributed by atoms with Gasteiger partial charge in [-0.3, -0.25) is 0 Å². The van der Waals surface area contributed by atoms with Crippen LogP contribution in [-0.4, -0.2) is 17.5 Å². The van der Waals surface area contributed by atoms with Gasteiger partial charge in [-0.25, -0.2) is 8.78 Å². The molecule has 0 atom stereocenters. The smallest absolute Gasteiger partial charge is 0.278 e. The lowest BCUT2D eigenvalue weighted by molar-refractivity contribution is -0.0225. The number of ether oxygens (including phenoxy) is 1. The zero-order chi connectivity index (χ0) is 11.8. The summed E-state index contributed by atoms with van der Waals surface area (Å²) in [4.78, 5) is 2.96. The van der Waals surface area contributed by atoms with E-state index in [4.69, 9.17) is 4.74 Å². The zero-order valence-electron chi connectivity index (χ0n) is 8.56. The van der Waals surface area contributed by atoms with E-state index in [1.807, 2.05) is 18.2 Å². The number of aromatic amines is 1. The van der Waals surface area contributed by atoms with Crippen molar-refractivity contribution in [2.24, 2.45) is 0 Å². The van der Waals surface area contributed by atoms with Crippen LogP contribution in [0.1, 0.15) is 6.92 Å². The molecule has 2 aromatic rings. The molecule has 2 nitrogen and oxygen atoms in total. The minimum Gasteiger partial charge on any atom is -0.485 e. The van der Waals surface area contributed by atoms with Crippen LogP contribution in [0.15, 0.2) is 28.9 Å². The molecular weight excluding hydrogens is 280 g/mol. The largest absolute Gasteiger partial charge is 0.485 e. The molecule has 0 aliphatic carbocycles. The van der Waals surface area contributed by atoms with E-state index in [2.05, 4.69) is 20.9 Å². The van der Waals surface area contributed by atoms with Crippen LogP contribution in [0, 0.1) is 0 Å². The fraction of sp³-hybridized carbons (Fsp3) is 0.273. The third kappa shape index (κ3) is 2.52. The molecule has 0 saturated heterocycles. The van der Waals surface area contributed by atoms with Gasteiger partial charge in [0, 0.05) is 28.5 Å². The molecule has 0 bridgehead atoms. The molecule has 1 heterocycles. The molecule has 0 aliphatic rings. The van der Waals surface area contributed by atoms with Gasteiger partial charge in [0.15, 0.2) is 6.61 Å². The highest BCUT2D eigenvalue weighted by Crippen LogP contribution is 2.29. The van der Waals surface area contributed by atoms with Crippen LogP contribution in [0.4, 0.5) is 8.78 Å². The number of alkyl halides is 2. The van der Waals surface area contributed by atoms with Gasteiger partial charge in [0.2, 0.25) is 0 Å². The molecule has 1 N–H and O–H groups in total. The normalized spacial score (nSPS) is 12.0. The quantitative estimate of drug-likeness (QED) is 0.909. The van der Waals surface area contributed by atoms with E-state index in [0.29, 0.717) is 5.75 Å². The van der Waals surface area contributed by atoms with Gasteiger partial charge >= 0.3 is 0 Å². The number of hydrogen-bond donors (Lipinski definition) is 1. The summed E-state index contributed by atoms with van der Waals surface area (Å²) < 4.78 is 31.3. The number of aromatic nitrogens is 1. The molecule has 0 unspecified atom stereocenters. The van der Waals surface area contributed by atoms with Crippen LogP contribution in [-0.2, 0) is 0 Å². The first-order chi connectivity index (χ1) is 7.46. The molecule has 2 rings (SSSR count). The Hall–Kier alpha value is -1.10. The van der Waals surface area contributed by atoms with Gasteiger partial charge in [0.25, 0.3) is 5.92 Å². The number of H-pyrrole nitrogens is 1. The summed E-state index contributed by atoms with van der Waals surface area (Å²) in [6.45, 7) is 0.213. The minimum absolute atomic E-state index is 0.442. The molecule has 0 aliphatic heterocycles. The van der Waals surface area contributed by atoms with E-state index >= 15 is 0 Å². The highest BCUT2D eigenvalue weighted by Gasteiger charge is 2.22. The molecule has 0 saturated carbocycles. The van der Waals surface area contributed by atoms with Gasteiger partial charge in [-0.15, -0.1) is 0 Å². The van der Waals surface area contributed by atoms with Crippen LogP contribution in [0.25, 0.3) is 10.9 Å². The van der Waals surface area contributed by atoms with Crippen molar-refractivity contribution >= 4 is 26.8 Å². The topological polar surface area (TPSA) is 25.0 Å². The zero-order valence-corrected chi connectivity index (χ0v) is 10.1. The molecule has 0 fully saturated rings. The van der Waals surface area contributed by atoms with Gasteiger partial charge in [-0.2, -0.15) is 0 Å². The van der Waals surface area contributed by atoms with Crippen LogP contribution < -0.4 is 4.74 Å². The van der Waals surface area contributed by atoms with E-state index < -0.39 is 12.5 Å². The fourth-order valence-electron chi connectivity index (χ4n) is 1.39. The van der Waals surface area contributed by atoms with Gasteiger partial charge < -0.3 is 9.72 Å². The summed E-state index contributed by atoms with van der Waals surface area (Å²) in [7, 11) is 0. The molecular formula is C11H10BrF2NO. The van der Waals surface area contributed by atoms with Crippen LogP contribution >= 0.6 is 15.9 Å². The second-order valence-corrected chi connectivity index (χ2v) is 4.62. The summed E-state index contributed by atoms with van der Waals surface area (Å²) >= 11 is 3.32. The van der Waals surface area contributed by atoms with Crippen molar-refractivity contribution in [3.63, 3.8) is 0 Å². The summed E-state index contributed by atoms with van der Waals surface area (Å²) in [5.41, 5.74) is 0.859. The van der Waals surface area contributed by atoms with Crippen molar-refractivity contribution in [2.45, 2.75) is 12.8 Å². The third-order valence-corrected chi connectivity index (χ3v) is 2.58. The van der Waals surface area contributed by atoms with Crippen molar-refractivity contribution in [1.82, 2.24) is 4.98 Å². The highest BCUT2D eigenvalue weighted by atomic mass is 79.9. The molecule has 5 heteroatoms. The third-order valence-electron chi connectivity index (χ3n) is 2.09. The minimum atomic E-state index is -2.82. The molecule has 86 valence electrons. The summed E-state index contributed by atoms with van der Waals surface area (Å²) in [5.74, 6) is -2.38. The first-order valence-corrected chi connectivity index (χ1v) is 5.52. The SMILES string of the molecule is CC(F)(F)COc1c[nH]c2ccc(Br)cc12. The van der Waals surface area contributed by atoms with Crippen LogP contribution in [0.2, 0.25) is 0 Å². The number of halogens is 3. The first kappa shape index (κ1) is 11.4. The lowest BCUT2D eigenvalue weighted by atomic mass is 10.2. The van der Waals surface area contributed by atoms with Crippen LogP contribution in [0.5, 0.6) is 5.75 Å². The maximum absolute atomic E-state index is 12.6. The average molecular weight is 290 g/mol. The second kappa shape index (κ2) is 4.05.